The Kier molecular flexibility index (Phi) is 5.75. The first kappa shape index (κ1) is 14.4. The van der Waals surface area contributed by atoms with Gasteiger partial charge in [0.05, 0.1) is 17.8 Å². The quantitative estimate of drug-likeness (QED) is 0.801. The molecule has 0 aromatic carbocycles. The molecular weight excluding hydrogens is 262 g/mol. The van der Waals surface area contributed by atoms with Crippen LogP contribution in [0.15, 0.2) is 11.7 Å². The summed E-state index contributed by atoms with van der Waals surface area (Å²) in [7, 11) is 2.14. The predicted molar refractivity (Wildman–Crippen MR) is 75.5 cm³/mol. The zero-order chi connectivity index (χ0) is 13.5. The van der Waals surface area contributed by atoms with Gasteiger partial charge >= 0.3 is 0 Å². The molecule has 0 aliphatic carbocycles. The second kappa shape index (κ2) is 7.57. The van der Waals surface area contributed by atoms with Crippen LogP contribution in [-0.2, 0) is 4.74 Å². The Morgan fingerprint density at radius 1 is 1.58 bits per heavy atom. The Morgan fingerprint density at radius 2 is 2.37 bits per heavy atom. The molecule has 2 heterocycles. The number of carbonyl (C=O) groups is 1. The summed E-state index contributed by atoms with van der Waals surface area (Å²) in [4.78, 5) is 18.5. The Balaban J connectivity index is 1.51. The fraction of sp³-hybridized carbons (Fsp3) is 0.692. The number of likely N-dealkylation sites (tertiary alicyclic amines) is 1. The van der Waals surface area contributed by atoms with Gasteiger partial charge in [-0.1, -0.05) is 0 Å². The smallest absolute Gasteiger partial charge is 0.262 e. The number of carbonyl (C=O) groups excluding carboxylic acids is 1. The van der Waals surface area contributed by atoms with Crippen LogP contribution in [0, 0.1) is 0 Å². The molecule has 1 aliphatic rings. The Morgan fingerprint density at radius 3 is 3.05 bits per heavy atom. The van der Waals surface area contributed by atoms with E-state index in [0.717, 1.165) is 39.0 Å². The minimum absolute atomic E-state index is 0.0400. The molecule has 1 fully saturated rings. The third-order valence-corrected chi connectivity index (χ3v) is 4.05. The molecule has 6 heteroatoms. The van der Waals surface area contributed by atoms with Gasteiger partial charge in [-0.25, -0.2) is 0 Å². The number of ether oxygens (including phenoxy) is 1. The number of hydrogen-bond donors (Lipinski definition) is 1. The van der Waals surface area contributed by atoms with Gasteiger partial charge in [0.15, 0.2) is 0 Å². The maximum absolute atomic E-state index is 11.6. The second-order valence-corrected chi connectivity index (χ2v) is 5.73. The summed E-state index contributed by atoms with van der Waals surface area (Å²) < 4.78 is 5.82. The van der Waals surface area contributed by atoms with E-state index in [9.17, 15) is 4.79 Å². The highest BCUT2D eigenvalue weighted by molar-refractivity contribution is 7.11. The summed E-state index contributed by atoms with van der Waals surface area (Å²) in [5, 5.41) is 2.87. The number of hydrogen-bond acceptors (Lipinski definition) is 5. The van der Waals surface area contributed by atoms with Crippen LogP contribution in [0.2, 0.25) is 0 Å². The highest BCUT2D eigenvalue weighted by Crippen LogP contribution is 2.12. The summed E-state index contributed by atoms with van der Waals surface area (Å²) in [5.74, 6) is -0.0400. The third-order valence-electron chi connectivity index (χ3n) is 3.28. The monoisotopic (exact) mass is 283 g/mol. The second-order valence-electron chi connectivity index (χ2n) is 4.85. The van der Waals surface area contributed by atoms with Crippen molar-refractivity contribution in [2.24, 2.45) is 0 Å². The molecule has 2 rings (SSSR count). The largest absolute Gasteiger partial charge is 0.378 e. The van der Waals surface area contributed by atoms with E-state index in [1.165, 1.54) is 11.3 Å². The van der Waals surface area contributed by atoms with Crippen LogP contribution in [0.25, 0.3) is 0 Å². The van der Waals surface area contributed by atoms with Crippen molar-refractivity contribution >= 4 is 17.2 Å². The molecule has 19 heavy (non-hydrogen) atoms. The van der Waals surface area contributed by atoms with Crippen LogP contribution in [-0.4, -0.2) is 55.2 Å². The summed E-state index contributed by atoms with van der Waals surface area (Å²) >= 11 is 1.36. The van der Waals surface area contributed by atoms with Gasteiger partial charge in [-0.05, 0) is 26.3 Å². The van der Waals surface area contributed by atoms with E-state index in [1.807, 2.05) is 0 Å². The van der Waals surface area contributed by atoms with E-state index >= 15 is 0 Å². The Bertz CT molecular complexity index is 375. The van der Waals surface area contributed by atoms with Crippen LogP contribution >= 0.6 is 11.3 Å². The maximum atomic E-state index is 11.6. The first-order valence-electron chi connectivity index (χ1n) is 6.72. The molecule has 106 valence electrons. The van der Waals surface area contributed by atoms with Crippen molar-refractivity contribution in [1.82, 2.24) is 15.2 Å². The highest BCUT2D eigenvalue weighted by Gasteiger charge is 2.16. The van der Waals surface area contributed by atoms with E-state index < -0.39 is 0 Å². The van der Waals surface area contributed by atoms with E-state index in [-0.39, 0.29) is 5.91 Å². The summed E-state index contributed by atoms with van der Waals surface area (Å²) in [6, 6.07) is 0. The van der Waals surface area contributed by atoms with E-state index in [1.54, 1.807) is 11.7 Å². The van der Waals surface area contributed by atoms with Crippen molar-refractivity contribution in [3.8, 4) is 0 Å². The molecule has 5 nitrogen and oxygen atoms in total. The molecule has 0 radical (unpaired) electrons. The van der Waals surface area contributed by atoms with Gasteiger partial charge in [-0.2, -0.15) is 0 Å². The van der Waals surface area contributed by atoms with Crippen LogP contribution in [0.3, 0.4) is 0 Å². The molecule has 1 aromatic rings. The number of nitrogens with one attached hydrogen (secondary N) is 1. The van der Waals surface area contributed by atoms with Gasteiger partial charge in [0.2, 0.25) is 0 Å². The lowest BCUT2D eigenvalue weighted by molar-refractivity contribution is 0.0117. The number of nitrogens with zero attached hydrogens (tertiary/aromatic N) is 2. The predicted octanol–water partition coefficient (Wildman–Crippen LogP) is 1.37. The molecule has 1 aliphatic heterocycles. The van der Waals surface area contributed by atoms with Crippen LogP contribution in [0.1, 0.15) is 28.9 Å². The van der Waals surface area contributed by atoms with Gasteiger partial charge in [-0.3, -0.25) is 9.78 Å². The molecule has 0 atom stereocenters. The van der Waals surface area contributed by atoms with Crippen molar-refractivity contribution in [1.29, 1.82) is 0 Å². The molecule has 0 unspecified atom stereocenters. The van der Waals surface area contributed by atoms with Crippen molar-refractivity contribution in [2.45, 2.75) is 25.4 Å². The van der Waals surface area contributed by atoms with Gasteiger partial charge < -0.3 is 15.0 Å². The Hall–Kier alpha value is -0.980. The number of aromatic nitrogens is 1. The minimum Gasteiger partial charge on any atom is -0.378 e. The third kappa shape index (κ3) is 4.89. The van der Waals surface area contributed by atoms with Crippen LogP contribution < -0.4 is 5.32 Å². The molecule has 1 saturated heterocycles. The highest BCUT2D eigenvalue weighted by atomic mass is 32.1. The fourth-order valence-electron chi connectivity index (χ4n) is 2.09. The van der Waals surface area contributed by atoms with Crippen LogP contribution in [0.5, 0.6) is 0 Å². The zero-order valence-electron chi connectivity index (χ0n) is 11.3. The summed E-state index contributed by atoms with van der Waals surface area (Å²) in [6.07, 6.45) is 5.08. The van der Waals surface area contributed by atoms with E-state index in [0.29, 0.717) is 17.5 Å². The topological polar surface area (TPSA) is 54.5 Å². The first-order chi connectivity index (χ1) is 9.25. The number of piperidine rings is 1. The lowest BCUT2D eigenvalue weighted by Crippen LogP contribution is -2.34. The molecule has 0 bridgehead atoms. The summed E-state index contributed by atoms with van der Waals surface area (Å²) in [5.41, 5.74) is 1.66. The molecule has 1 aromatic heterocycles. The molecule has 0 saturated carbocycles. The van der Waals surface area contributed by atoms with Gasteiger partial charge in [-0.15, -0.1) is 11.3 Å². The van der Waals surface area contributed by atoms with Gasteiger partial charge in [0, 0.05) is 26.2 Å². The van der Waals surface area contributed by atoms with Crippen molar-refractivity contribution in [3.63, 3.8) is 0 Å². The molecule has 1 amide bonds. The molecular formula is C13H21N3O2S. The van der Waals surface area contributed by atoms with E-state index in [4.69, 9.17) is 4.74 Å². The SMILES string of the molecule is CN1CCC(OCCCNC(=O)c2cncs2)CC1. The maximum Gasteiger partial charge on any atom is 0.262 e. The lowest BCUT2D eigenvalue weighted by Gasteiger charge is -2.28. The van der Waals surface area contributed by atoms with Gasteiger partial charge in [0.1, 0.15) is 4.88 Å². The van der Waals surface area contributed by atoms with Gasteiger partial charge in [0.25, 0.3) is 5.91 Å². The summed E-state index contributed by atoms with van der Waals surface area (Å²) in [6.45, 7) is 3.61. The number of thiazole rings is 1. The average molecular weight is 283 g/mol. The fourth-order valence-corrected chi connectivity index (χ4v) is 2.63. The van der Waals surface area contributed by atoms with Crippen molar-refractivity contribution in [3.05, 3.63) is 16.6 Å². The Labute approximate surface area is 118 Å². The standard InChI is InChI=1S/C13H21N3O2S/c1-16-6-3-11(4-7-16)18-8-2-5-15-13(17)12-9-14-10-19-12/h9-11H,2-8H2,1H3,(H,15,17). The lowest BCUT2D eigenvalue weighted by atomic mass is 10.1. The van der Waals surface area contributed by atoms with E-state index in [2.05, 4.69) is 22.2 Å². The average Bonchev–Trinajstić information content (AvgIpc) is 2.94. The van der Waals surface area contributed by atoms with Crippen molar-refractivity contribution < 1.29 is 9.53 Å². The van der Waals surface area contributed by atoms with Crippen LogP contribution in [0.4, 0.5) is 0 Å². The number of amides is 1. The molecule has 0 spiro atoms. The normalized spacial score (nSPS) is 17.5. The minimum atomic E-state index is -0.0400. The number of rotatable bonds is 6. The zero-order valence-corrected chi connectivity index (χ0v) is 12.1. The first-order valence-corrected chi connectivity index (χ1v) is 7.60. The van der Waals surface area contributed by atoms with Crippen molar-refractivity contribution in [2.75, 3.05) is 33.3 Å². The molecule has 1 N–H and O–H groups in total.